The average Bonchev–Trinajstić information content (AvgIpc) is 2.62. The molecule has 1 fully saturated rings. The van der Waals surface area contributed by atoms with Gasteiger partial charge in [-0.2, -0.15) is 0 Å². The minimum absolute atomic E-state index is 0.0403. The number of nitro groups is 1. The number of nitrogens with one attached hydrogen (secondary N) is 1. The van der Waals surface area contributed by atoms with E-state index in [1.165, 1.54) is 12.1 Å². The van der Waals surface area contributed by atoms with Crippen LogP contribution in [0.25, 0.3) is 0 Å². The lowest BCUT2D eigenvalue weighted by atomic mass is 10.2. The van der Waals surface area contributed by atoms with Crippen LogP contribution in [0, 0.1) is 10.1 Å². The van der Waals surface area contributed by atoms with Crippen LogP contribution < -0.4 is 10.2 Å². The third kappa shape index (κ3) is 4.37. The van der Waals surface area contributed by atoms with Gasteiger partial charge >= 0.3 is 0 Å². The summed E-state index contributed by atoms with van der Waals surface area (Å²) in [4.78, 5) is 14.8. The highest BCUT2D eigenvalue weighted by molar-refractivity contribution is 7.80. The Labute approximate surface area is 156 Å². The van der Waals surface area contributed by atoms with Crippen LogP contribution in [0.1, 0.15) is 0 Å². The van der Waals surface area contributed by atoms with E-state index in [0.29, 0.717) is 10.8 Å². The lowest BCUT2D eigenvalue weighted by molar-refractivity contribution is -0.384. The van der Waals surface area contributed by atoms with E-state index in [2.05, 4.69) is 15.1 Å². The number of piperazine rings is 1. The molecular formula is C17H17ClN4O2S. The van der Waals surface area contributed by atoms with Crippen LogP contribution in [0.2, 0.25) is 5.02 Å². The number of benzene rings is 2. The molecule has 1 aliphatic heterocycles. The van der Waals surface area contributed by atoms with E-state index >= 15 is 0 Å². The number of nitrogens with zero attached hydrogens (tertiary/aromatic N) is 3. The van der Waals surface area contributed by atoms with Crippen LogP contribution >= 0.6 is 23.8 Å². The van der Waals surface area contributed by atoms with Gasteiger partial charge in [-0.3, -0.25) is 10.1 Å². The lowest BCUT2D eigenvalue weighted by Crippen LogP contribution is -2.50. The molecule has 0 atom stereocenters. The molecular weight excluding hydrogens is 360 g/mol. The molecule has 0 aromatic heterocycles. The quantitative estimate of drug-likeness (QED) is 0.500. The van der Waals surface area contributed by atoms with Gasteiger partial charge in [-0.15, -0.1) is 0 Å². The van der Waals surface area contributed by atoms with Crippen molar-refractivity contribution in [3.8, 4) is 0 Å². The molecule has 2 aromatic rings. The summed E-state index contributed by atoms with van der Waals surface area (Å²) in [5.41, 5.74) is 1.76. The fraction of sp³-hybridized carbons (Fsp3) is 0.235. The van der Waals surface area contributed by atoms with Gasteiger partial charge in [-0.05, 0) is 36.5 Å². The van der Waals surface area contributed by atoms with Crippen molar-refractivity contribution in [3.63, 3.8) is 0 Å². The topological polar surface area (TPSA) is 61.7 Å². The smallest absolute Gasteiger partial charge is 0.271 e. The van der Waals surface area contributed by atoms with Crippen LogP contribution in [0.4, 0.5) is 17.1 Å². The van der Waals surface area contributed by atoms with Crippen molar-refractivity contribution in [2.24, 2.45) is 0 Å². The minimum atomic E-state index is -0.419. The Bertz CT molecular complexity index is 794. The summed E-state index contributed by atoms with van der Waals surface area (Å²) in [5, 5.41) is 15.2. The van der Waals surface area contributed by atoms with Crippen LogP contribution in [-0.2, 0) is 0 Å². The molecule has 25 heavy (non-hydrogen) atoms. The molecule has 0 bridgehead atoms. The van der Waals surface area contributed by atoms with Crippen molar-refractivity contribution in [3.05, 3.63) is 63.7 Å². The highest BCUT2D eigenvalue weighted by atomic mass is 35.5. The van der Waals surface area contributed by atoms with E-state index in [-0.39, 0.29) is 5.69 Å². The number of hydrogen-bond donors (Lipinski definition) is 1. The number of halogens is 1. The molecule has 0 unspecified atom stereocenters. The first-order chi connectivity index (χ1) is 12.0. The van der Waals surface area contributed by atoms with Gasteiger partial charge in [0, 0.05) is 54.7 Å². The van der Waals surface area contributed by atoms with E-state index in [1.54, 1.807) is 12.1 Å². The second-order valence-electron chi connectivity index (χ2n) is 5.69. The number of thiocarbonyl (C=S) groups is 1. The molecule has 130 valence electrons. The second kappa shape index (κ2) is 7.67. The van der Waals surface area contributed by atoms with Crippen molar-refractivity contribution >= 4 is 46.0 Å². The standard InChI is InChI=1S/C17H17ClN4O2S/c18-13-3-1-5-15(11-13)20-7-9-21(10-8-20)17(25)19-14-4-2-6-16(12-14)22(23)24/h1-6,11-12H,7-10H2,(H,19,25). The molecule has 0 saturated carbocycles. The number of hydrogen-bond acceptors (Lipinski definition) is 4. The van der Waals surface area contributed by atoms with Crippen LogP contribution in [0.3, 0.4) is 0 Å². The maximum absolute atomic E-state index is 10.9. The highest BCUT2D eigenvalue weighted by Crippen LogP contribution is 2.21. The largest absolute Gasteiger partial charge is 0.368 e. The van der Waals surface area contributed by atoms with Crippen molar-refractivity contribution in [1.29, 1.82) is 0 Å². The molecule has 0 amide bonds. The molecule has 3 rings (SSSR count). The van der Waals surface area contributed by atoms with Crippen LogP contribution in [0.5, 0.6) is 0 Å². The van der Waals surface area contributed by atoms with Gasteiger partial charge < -0.3 is 15.1 Å². The van der Waals surface area contributed by atoms with Crippen molar-refractivity contribution < 1.29 is 4.92 Å². The van der Waals surface area contributed by atoms with E-state index in [1.807, 2.05) is 24.3 Å². The Morgan fingerprint density at radius 3 is 2.52 bits per heavy atom. The summed E-state index contributed by atoms with van der Waals surface area (Å²) >= 11 is 11.5. The van der Waals surface area contributed by atoms with Gasteiger partial charge in [0.25, 0.3) is 5.69 Å². The summed E-state index contributed by atoms with van der Waals surface area (Å²) in [7, 11) is 0. The average molecular weight is 377 g/mol. The zero-order valence-corrected chi connectivity index (χ0v) is 15.0. The van der Waals surface area contributed by atoms with Gasteiger partial charge in [-0.25, -0.2) is 0 Å². The maximum Gasteiger partial charge on any atom is 0.271 e. The molecule has 0 radical (unpaired) electrons. The van der Waals surface area contributed by atoms with Gasteiger partial charge in [0.05, 0.1) is 4.92 Å². The first-order valence-electron chi connectivity index (χ1n) is 7.84. The Balaban J connectivity index is 1.58. The molecule has 0 spiro atoms. The van der Waals surface area contributed by atoms with Crippen molar-refractivity contribution in [2.75, 3.05) is 36.4 Å². The normalized spacial score (nSPS) is 14.3. The van der Waals surface area contributed by atoms with Gasteiger partial charge in [0.2, 0.25) is 0 Å². The Hall–Kier alpha value is -2.38. The van der Waals surface area contributed by atoms with Crippen molar-refractivity contribution in [1.82, 2.24) is 4.90 Å². The zero-order chi connectivity index (χ0) is 17.8. The molecule has 1 aliphatic rings. The van der Waals surface area contributed by atoms with Crippen LogP contribution in [0.15, 0.2) is 48.5 Å². The zero-order valence-electron chi connectivity index (χ0n) is 13.4. The fourth-order valence-electron chi connectivity index (χ4n) is 2.74. The van der Waals surface area contributed by atoms with E-state index < -0.39 is 4.92 Å². The summed E-state index contributed by atoms with van der Waals surface area (Å²) in [6.45, 7) is 3.20. The SMILES string of the molecule is O=[N+]([O-])c1cccc(NC(=S)N2CCN(c3cccc(Cl)c3)CC2)c1. The number of rotatable bonds is 3. The third-order valence-corrected chi connectivity index (χ3v) is 4.64. The highest BCUT2D eigenvalue weighted by Gasteiger charge is 2.19. The van der Waals surface area contributed by atoms with E-state index in [4.69, 9.17) is 23.8 Å². The summed E-state index contributed by atoms with van der Waals surface area (Å²) in [6.07, 6.45) is 0. The van der Waals surface area contributed by atoms with Crippen molar-refractivity contribution in [2.45, 2.75) is 0 Å². The first kappa shape index (κ1) is 17.4. The molecule has 1 saturated heterocycles. The minimum Gasteiger partial charge on any atom is -0.368 e. The molecule has 0 aliphatic carbocycles. The monoisotopic (exact) mass is 376 g/mol. The predicted octanol–water partition coefficient (Wildman–Crippen LogP) is 3.77. The van der Waals surface area contributed by atoms with E-state index in [0.717, 1.165) is 36.9 Å². The molecule has 1 N–H and O–H groups in total. The van der Waals surface area contributed by atoms with Gasteiger partial charge in [0.15, 0.2) is 5.11 Å². The second-order valence-corrected chi connectivity index (χ2v) is 6.51. The molecule has 6 nitrogen and oxygen atoms in total. The summed E-state index contributed by atoms with van der Waals surface area (Å²) in [5.74, 6) is 0. The number of anilines is 2. The Morgan fingerprint density at radius 1 is 1.12 bits per heavy atom. The maximum atomic E-state index is 10.9. The molecule has 1 heterocycles. The Kier molecular flexibility index (Phi) is 5.35. The molecule has 8 heteroatoms. The first-order valence-corrected chi connectivity index (χ1v) is 8.62. The number of nitro benzene ring substituents is 1. The Morgan fingerprint density at radius 2 is 1.84 bits per heavy atom. The van der Waals surface area contributed by atoms with Gasteiger partial charge in [-0.1, -0.05) is 23.7 Å². The molecule has 2 aromatic carbocycles. The number of non-ortho nitro benzene ring substituents is 1. The van der Waals surface area contributed by atoms with Gasteiger partial charge in [0.1, 0.15) is 0 Å². The summed E-state index contributed by atoms with van der Waals surface area (Å²) < 4.78 is 0. The fourth-order valence-corrected chi connectivity index (χ4v) is 3.23. The third-order valence-electron chi connectivity index (χ3n) is 4.05. The van der Waals surface area contributed by atoms with E-state index in [9.17, 15) is 10.1 Å². The summed E-state index contributed by atoms with van der Waals surface area (Å²) in [6, 6.07) is 14.1. The lowest BCUT2D eigenvalue weighted by Gasteiger charge is -2.37. The van der Waals surface area contributed by atoms with Crippen LogP contribution in [-0.4, -0.2) is 41.1 Å². The predicted molar refractivity (Wildman–Crippen MR) is 105 cm³/mol.